The van der Waals surface area contributed by atoms with Gasteiger partial charge >= 0.3 is 0 Å². The van der Waals surface area contributed by atoms with E-state index in [9.17, 15) is 9.90 Å². The van der Waals surface area contributed by atoms with Crippen LogP contribution in [-0.4, -0.2) is 10.9 Å². The number of Topliss-reactive ketones (excluding diaryl/α,β-unsaturated/α-hetero) is 1. The van der Waals surface area contributed by atoms with E-state index in [0.717, 1.165) is 36.8 Å². The molecule has 0 unspecified atom stereocenters. The molecule has 3 rings (SSSR count). The molecule has 1 fully saturated rings. The fraction of sp³-hybridized carbons (Fsp3) is 0.381. The van der Waals surface area contributed by atoms with Gasteiger partial charge in [0, 0.05) is 17.9 Å². The predicted octanol–water partition coefficient (Wildman–Crippen LogP) is 4.79. The topological polar surface area (TPSA) is 37.3 Å². The number of hydrogen-bond donors (Lipinski definition) is 1. The molecule has 120 valence electrons. The maximum atomic E-state index is 12.5. The molecule has 1 N–H and O–H groups in total. The first-order chi connectivity index (χ1) is 11.1. The van der Waals surface area contributed by atoms with Crippen LogP contribution in [0.25, 0.3) is 0 Å². The summed E-state index contributed by atoms with van der Waals surface area (Å²) >= 11 is 0. The van der Waals surface area contributed by atoms with Crippen molar-refractivity contribution in [3.8, 4) is 5.75 Å². The van der Waals surface area contributed by atoms with Crippen molar-refractivity contribution < 1.29 is 9.90 Å². The third kappa shape index (κ3) is 3.82. The molecule has 0 atom stereocenters. The van der Waals surface area contributed by atoms with Crippen molar-refractivity contribution in [1.82, 2.24) is 0 Å². The minimum atomic E-state index is 0.149. The minimum Gasteiger partial charge on any atom is -0.508 e. The van der Waals surface area contributed by atoms with Crippen LogP contribution in [0, 0.1) is 12.8 Å². The third-order valence-electron chi connectivity index (χ3n) is 5.06. The molecule has 2 nitrogen and oxygen atoms in total. The molecule has 2 aromatic carbocycles. The zero-order valence-electron chi connectivity index (χ0n) is 13.7. The molecule has 0 radical (unpaired) electrons. The van der Waals surface area contributed by atoms with Crippen LogP contribution in [0.5, 0.6) is 5.75 Å². The highest BCUT2D eigenvalue weighted by Gasteiger charge is 2.27. The molecule has 0 aromatic heterocycles. The van der Waals surface area contributed by atoms with Crippen LogP contribution >= 0.6 is 0 Å². The van der Waals surface area contributed by atoms with E-state index in [2.05, 4.69) is 24.3 Å². The molecule has 0 bridgehead atoms. The molecule has 0 spiro atoms. The summed E-state index contributed by atoms with van der Waals surface area (Å²) in [7, 11) is 0. The zero-order valence-corrected chi connectivity index (χ0v) is 13.7. The number of carbonyl (C=O) groups is 1. The predicted molar refractivity (Wildman–Crippen MR) is 92.7 cm³/mol. The van der Waals surface area contributed by atoms with E-state index in [-0.39, 0.29) is 17.5 Å². The van der Waals surface area contributed by atoms with Gasteiger partial charge in [-0.3, -0.25) is 4.79 Å². The molecule has 1 saturated carbocycles. The summed E-state index contributed by atoms with van der Waals surface area (Å²) in [6.45, 7) is 1.94. The summed E-state index contributed by atoms with van der Waals surface area (Å²) in [5.74, 6) is 1.26. The fourth-order valence-electron chi connectivity index (χ4n) is 3.63. The van der Waals surface area contributed by atoms with Crippen LogP contribution in [0.15, 0.2) is 48.5 Å². The summed E-state index contributed by atoms with van der Waals surface area (Å²) in [5.41, 5.74) is 3.17. The second kappa shape index (κ2) is 6.99. The Labute approximate surface area is 138 Å². The molecule has 0 aliphatic heterocycles. The van der Waals surface area contributed by atoms with E-state index >= 15 is 0 Å². The maximum absolute atomic E-state index is 12.5. The lowest BCUT2D eigenvalue weighted by Crippen LogP contribution is -2.22. The monoisotopic (exact) mass is 308 g/mol. The van der Waals surface area contributed by atoms with Crippen molar-refractivity contribution >= 4 is 5.78 Å². The Morgan fingerprint density at radius 3 is 2.39 bits per heavy atom. The largest absolute Gasteiger partial charge is 0.508 e. The second-order valence-electron chi connectivity index (χ2n) is 6.73. The van der Waals surface area contributed by atoms with Crippen molar-refractivity contribution in [2.75, 3.05) is 0 Å². The van der Waals surface area contributed by atoms with E-state index in [4.69, 9.17) is 0 Å². The number of aromatic hydroxyl groups is 1. The molecule has 1 aliphatic carbocycles. The number of ketones is 1. The average Bonchev–Trinajstić information content (AvgIpc) is 2.58. The van der Waals surface area contributed by atoms with E-state index in [1.807, 2.05) is 25.1 Å². The Morgan fingerprint density at radius 1 is 1.04 bits per heavy atom. The van der Waals surface area contributed by atoms with E-state index in [0.29, 0.717) is 12.3 Å². The summed E-state index contributed by atoms with van der Waals surface area (Å²) in [6.07, 6.45) is 4.45. The van der Waals surface area contributed by atoms with Crippen LogP contribution in [-0.2, 0) is 11.2 Å². The number of carbonyl (C=O) groups excluding carboxylic acids is 1. The lowest BCUT2D eigenvalue weighted by molar-refractivity contribution is -0.123. The molecule has 23 heavy (non-hydrogen) atoms. The normalized spacial score (nSPS) is 21.1. The second-order valence-corrected chi connectivity index (χ2v) is 6.73. The lowest BCUT2D eigenvalue weighted by atomic mass is 9.76. The molecule has 0 amide bonds. The summed E-state index contributed by atoms with van der Waals surface area (Å²) in [6, 6.07) is 16.2. The standard InChI is InChI=1S/C21H24O2/c1-15-7-8-19(20(22)13-15)14-21(23)18-11-9-17(10-12-18)16-5-3-2-4-6-16/h2-8,13,17-18,22H,9-12,14H2,1H3. The van der Waals surface area contributed by atoms with E-state index in [1.165, 1.54) is 5.56 Å². The Bertz CT molecular complexity index is 667. The number of benzene rings is 2. The van der Waals surface area contributed by atoms with Gasteiger partial charge in [-0.2, -0.15) is 0 Å². The van der Waals surface area contributed by atoms with Gasteiger partial charge in [-0.05, 0) is 55.7 Å². The quantitative estimate of drug-likeness (QED) is 0.882. The molecule has 2 aromatic rings. The average molecular weight is 308 g/mol. The van der Waals surface area contributed by atoms with Crippen molar-refractivity contribution in [3.63, 3.8) is 0 Å². The number of phenols is 1. The Balaban J connectivity index is 1.58. The van der Waals surface area contributed by atoms with Gasteiger partial charge < -0.3 is 5.11 Å². The van der Waals surface area contributed by atoms with Crippen molar-refractivity contribution in [2.24, 2.45) is 5.92 Å². The minimum absolute atomic E-state index is 0.149. The Morgan fingerprint density at radius 2 is 1.74 bits per heavy atom. The van der Waals surface area contributed by atoms with Crippen LogP contribution in [0.3, 0.4) is 0 Å². The van der Waals surface area contributed by atoms with Gasteiger partial charge in [0.1, 0.15) is 11.5 Å². The van der Waals surface area contributed by atoms with Crippen molar-refractivity contribution in [1.29, 1.82) is 0 Å². The Hall–Kier alpha value is -2.09. The van der Waals surface area contributed by atoms with Crippen molar-refractivity contribution in [2.45, 2.75) is 44.9 Å². The summed E-state index contributed by atoms with van der Waals surface area (Å²) in [4.78, 5) is 12.5. The van der Waals surface area contributed by atoms with Gasteiger partial charge in [-0.1, -0.05) is 42.5 Å². The van der Waals surface area contributed by atoms with Crippen LogP contribution in [0.1, 0.15) is 48.3 Å². The first-order valence-corrected chi connectivity index (χ1v) is 8.49. The van der Waals surface area contributed by atoms with E-state index in [1.54, 1.807) is 6.07 Å². The molecule has 1 aliphatic rings. The van der Waals surface area contributed by atoms with Crippen molar-refractivity contribution in [3.05, 3.63) is 65.2 Å². The van der Waals surface area contributed by atoms with Crippen LogP contribution < -0.4 is 0 Å². The highest BCUT2D eigenvalue weighted by atomic mass is 16.3. The molecule has 2 heteroatoms. The van der Waals surface area contributed by atoms with Crippen LogP contribution in [0.2, 0.25) is 0 Å². The first-order valence-electron chi connectivity index (χ1n) is 8.49. The zero-order chi connectivity index (χ0) is 16.2. The SMILES string of the molecule is Cc1ccc(CC(=O)C2CCC(c3ccccc3)CC2)c(O)c1. The third-order valence-corrected chi connectivity index (χ3v) is 5.06. The van der Waals surface area contributed by atoms with Crippen LogP contribution in [0.4, 0.5) is 0 Å². The highest BCUT2D eigenvalue weighted by Crippen LogP contribution is 2.36. The number of hydrogen-bond acceptors (Lipinski definition) is 2. The summed E-state index contributed by atoms with van der Waals surface area (Å²) in [5, 5.41) is 9.98. The molecular formula is C21H24O2. The van der Waals surface area contributed by atoms with Gasteiger partial charge in [0.25, 0.3) is 0 Å². The van der Waals surface area contributed by atoms with Gasteiger partial charge in [-0.25, -0.2) is 0 Å². The highest BCUT2D eigenvalue weighted by molar-refractivity contribution is 5.84. The lowest BCUT2D eigenvalue weighted by Gasteiger charge is -2.28. The summed E-state index contributed by atoms with van der Waals surface area (Å²) < 4.78 is 0. The first kappa shape index (κ1) is 15.8. The van der Waals surface area contributed by atoms with Gasteiger partial charge in [0.05, 0.1) is 0 Å². The molecule has 0 saturated heterocycles. The molecule has 0 heterocycles. The smallest absolute Gasteiger partial charge is 0.140 e. The molecular weight excluding hydrogens is 284 g/mol. The maximum Gasteiger partial charge on any atom is 0.140 e. The number of rotatable bonds is 4. The van der Waals surface area contributed by atoms with E-state index < -0.39 is 0 Å². The van der Waals surface area contributed by atoms with Gasteiger partial charge in [-0.15, -0.1) is 0 Å². The fourth-order valence-corrected chi connectivity index (χ4v) is 3.63. The van der Waals surface area contributed by atoms with Gasteiger partial charge in [0.2, 0.25) is 0 Å². The van der Waals surface area contributed by atoms with Gasteiger partial charge in [0.15, 0.2) is 0 Å². The number of aryl methyl sites for hydroxylation is 1. The Kier molecular flexibility index (Phi) is 4.80. The number of phenolic OH excluding ortho intramolecular Hbond substituents is 1.